The average Bonchev–Trinajstić information content (AvgIpc) is 2.83. The molecule has 0 saturated carbocycles. The lowest BCUT2D eigenvalue weighted by molar-refractivity contribution is -0.143. The number of rotatable bonds is 4. The number of nitrogens with zero attached hydrogens (tertiary/aromatic N) is 2. The summed E-state index contributed by atoms with van der Waals surface area (Å²) in [4.78, 5) is 5.64. The Hall–Kier alpha value is -1.76. The van der Waals surface area contributed by atoms with Crippen LogP contribution in [0.15, 0.2) is 29.3 Å². The Balaban J connectivity index is 1.90. The van der Waals surface area contributed by atoms with Gasteiger partial charge in [-0.15, -0.1) is 0 Å². The first-order valence-electron chi connectivity index (χ1n) is 7.34. The first-order valence-corrected chi connectivity index (χ1v) is 7.34. The second kappa shape index (κ2) is 7.00. The van der Waals surface area contributed by atoms with Crippen LogP contribution in [-0.4, -0.2) is 42.7 Å². The maximum absolute atomic E-state index is 12.3. The molecule has 1 aromatic rings. The molecule has 0 radical (unpaired) electrons. The zero-order chi connectivity index (χ0) is 16.2. The summed E-state index contributed by atoms with van der Waals surface area (Å²) in [5, 5.41) is 2.99. The number of halogens is 3. The molecule has 1 heterocycles. The van der Waals surface area contributed by atoms with E-state index in [0.29, 0.717) is 13.0 Å². The highest BCUT2D eigenvalue weighted by atomic mass is 19.4. The molecule has 0 amide bonds. The molecule has 122 valence electrons. The Morgan fingerprint density at radius 2 is 2.23 bits per heavy atom. The van der Waals surface area contributed by atoms with E-state index in [0.717, 1.165) is 12.1 Å². The summed E-state index contributed by atoms with van der Waals surface area (Å²) in [6, 6.07) is 7.61. The number of hydrogen-bond acceptors (Lipinski definition) is 2. The van der Waals surface area contributed by atoms with E-state index in [1.165, 1.54) is 10.5 Å². The number of alkyl halides is 3. The fourth-order valence-corrected chi connectivity index (χ4v) is 2.56. The quantitative estimate of drug-likeness (QED) is 0.663. The molecule has 0 aromatic heterocycles. The van der Waals surface area contributed by atoms with Gasteiger partial charge in [-0.3, -0.25) is 4.90 Å². The Bertz CT molecular complexity index is 528. The Labute approximate surface area is 128 Å². The van der Waals surface area contributed by atoms with Crippen molar-refractivity contribution >= 4 is 11.6 Å². The number of guanidine groups is 1. The Morgan fingerprint density at radius 3 is 2.91 bits per heavy atom. The fourth-order valence-electron chi connectivity index (χ4n) is 2.56. The van der Waals surface area contributed by atoms with Crippen LogP contribution in [-0.2, 0) is 6.42 Å². The molecule has 1 unspecified atom stereocenters. The van der Waals surface area contributed by atoms with Crippen LogP contribution in [0.3, 0.4) is 0 Å². The molecule has 1 aliphatic rings. The smallest absolute Gasteiger partial charge is 0.370 e. The zero-order valence-electron chi connectivity index (χ0n) is 12.5. The molecule has 0 aliphatic carbocycles. The van der Waals surface area contributed by atoms with Crippen molar-refractivity contribution in [3.63, 3.8) is 0 Å². The van der Waals surface area contributed by atoms with Crippen molar-refractivity contribution in [2.24, 2.45) is 10.7 Å². The van der Waals surface area contributed by atoms with Gasteiger partial charge >= 0.3 is 6.18 Å². The molecule has 1 aromatic carbocycles. The van der Waals surface area contributed by atoms with Crippen molar-refractivity contribution in [1.29, 1.82) is 0 Å². The minimum absolute atomic E-state index is 0.191. The van der Waals surface area contributed by atoms with E-state index in [4.69, 9.17) is 5.73 Å². The van der Waals surface area contributed by atoms with E-state index in [2.05, 4.69) is 17.2 Å². The first kappa shape index (κ1) is 16.6. The molecule has 1 fully saturated rings. The van der Waals surface area contributed by atoms with Crippen LogP contribution >= 0.6 is 0 Å². The molecule has 7 heteroatoms. The molecule has 0 spiro atoms. The predicted octanol–water partition coefficient (Wildman–Crippen LogP) is 2.61. The van der Waals surface area contributed by atoms with Crippen LogP contribution in [0.1, 0.15) is 18.9 Å². The molecule has 0 bridgehead atoms. The summed E-state index contributed by atoms with van der Waals surface area (Å²) in [6.07, 6.45) is -2.65. The van der Waals surface area contributed by atoms with Gasteiger partial charge < -0.3 is 11.1 Å². The van der Waals surface area contributed by atoms with Crippen LogP contribution in [0.4, 0.5) is 18.9 Å². The van der Waals surface area contributed by atoms with Crippen LogP contribution < -0.4 is 11.1 Å². The molecular formula is C15H21F3N4. The molecule has 1 saturated heterocycles. The SMILES string of the molecule is CCc1cccc(NC(N)=NC2CCN(CC(F)(F)F)C2)c1. The van der Waals surface area contributed by atoms with Crippen LogP contribution in [0, 0.1) is 0 Å². The van der Waals surface area contributed by atoms with Crippen LogP contribution in [0.2, 0.25) is 0 Å². The molecule has 1 aliphatic heterocycles. The lowest BCUT2D eigenvalue weighted by Crippen LogP contribution is -2.33. The second-order valence-corrected chi connectivity index (χ2v) is 5.49. The van der Waals surface area contributed by atoms with E-state index in [1.54, 1.807) is 0 Å². The maximum Gasteiger partial charge on any atom is 0.401 e. The third-order valence-electron chi connectivity index (χ3n) is 3.58. The minimum Gasteiger partial charge on any atom is -0.370 e. The molecule has 2 rings (SSSR count). The van der Waals surface area contributed by atoms with Gasteiger partial charge in [0.1, 0.15) is 0 Å². The van der Waals surface area contributed by atoms with Crippen LogP contribution in [0.5, 0.6) is 0 Å². The standard InChI is InChI=1S/C15H21F3N4/c1-2-11-4-3-5-12(8-11)20-14(19)21-13-6-7-22(9-13)10-15(16,17)18/h3-5,8,13H,2,6-7,9-10H2,1H3,(H3,19,20,21). The number of aliphatic imine (C=N–C) groups is 1. The predicted molar refractivity (Wildman–Crippen MR) is 82.0 cm³/mol. The monoisotopic (exact) mass is 314 g/mol. The summed E-state index contributed by atoms with van der Waals surface area (Å²) < 4.78 is 37.0. The van der Waals surface area contributed by atoms with E-state index >= 15 is 0 Å². The Morgan fingerprint density at radius 1 is 1.45 bits per heavy atom. The number of anilines is 1. The first-order chi connectivity index (χ1) is 10.4. The number of benzene rings is 1. The third kappa shape index (κ3) is 5.22. The summed E-state index contributed by atoms with van der Waals surface area (Å²) in [6.45, 7) is 1.86. The second-order valence-electron chi connectivity index (χ2n) is 5.49. The maximum atomic E-state index is 12.3. The molecule has 3 N–H and O–H groups in total. The van der Waals surface area contributed by atoms with Gasteiger partial charge in [0.05, 0.1) is 12.6 Å². The number of aryl methyl sites for hydroxylation is 1. The van der Waals surface area contributed by atoms with Gasteiger partial charge in [-0.2, -0.15) is 13.2 Å². The number of nitrogens with one attached hydrogen (secondary N) is 1. The van der Waals surface area contributed by atoms with Gasteiger partial charge in [-0.05, 0) is 30.5 Å². The summed E-state index contributed by atoms with van der Waals surface area (Å²) in [5.74, 6) is 0.243. The highest BCUT2D eigenvalue weighted by Crippen LogP contribution is 2.21. The van der Waals surface area contributed by atoms with Crippen molar-refractivity contribution in [3.05, 3.63) is 29.8 Å². The highest BCUT2D eigenvalue weighted by Gasteiger charge is 2.34. The third-order valence-corrected chi connectivity index (χ3v) is 3.58. The normalized spacial score (nSPS) is 20.4. The number of likely N-dealkylation sites (tertiary alicyclic amines) is 1. The molecule has 22 heavy (non-hydrogen) atoms. The Kier molecular flexibility index (Phi) is 5.28. The van der Waals surface area contributed by atoms with Gasteiger partial charge in [0.15, 0.2) is 5.96 Å². The molecule has 4 nitrogen and oxygen atoms in total. The van der Waals surface area contributed by atoms with Gasteiger partial charge in [0, 0.05) is 18.8 Å². The van der Waals surface area contributed by atoms with E-state index < -0.39 is 12.7 Å². The number of hydrogen-bond donors (Lipinski definition) is 2. The van der Waals surface area contributed by atoms with Crippen molar-refractivity contribution < 1.29 is 13.2 Å². The number of nitrogens with two attached hydrogens (primary N) is 1. The minimum atomic E-state index is -4.16. The summed E-state index contributed by atoms with van der Waals surface area (Å²) in [5.41, 5.74) is 7.86. The van der Waals surface area contributed by atoms with Crippen LogP contribution in [0.25, 0.3) is 0 Å². The fraction of sp³-hybridized carbons (Fsp3) is 0.533. The van der Waals surface area contributed by atoms with E-state index in [9.17, 15) is 13.2 Å². The zero-order valence-corrected chi connectivity index (χ0v) is 12.5. The highest BCUT2D eigenvalue weighted by molar-refractivity contribution is 5.92. The van der Waals surface area contributed by atoms with E-state index in [1.807, 2.05) is 24.3 Å². The average molecular weight is 314 g/mol. The lowest BCUT2D eigenvalue weighted by Gasteiger charge is -2.17. The van der Waals surface area contributed by atoms with Gasteiger partial charge in [-0.1, -0.05) is 19.1 Å². The largest absolute Gasteiger partial charge is 0.401 e. The molecule has 1 atom stereocenters. The summed E-state index contributed by atoms with van der Waals surface area (Å²) in [7, 11) is 0. The van der Waals surface area contributed by atoms with Gasteiger partial charge in [0.2, 0.25) is 0 Å². The lowest BCUT2D eigenvalue weighted by atomic mass is 10.1. The van der Waals surface area contributed by atoms with Crippen molar-refractivity contribution in [2.45, 2.75) is 32.0 Å². The molecular weight excluding hydrogens is 293 g/mol. The van der Waals surface area contributed by atoms with Gasteiger partial charge in [-0.25, -0.2) is 4.99 Å². The van der Waals surface area contributed by atoms with Crippen molar-refractivity contribution in [1.82, 2.24) is 4.90 Å². The van der Waals surface area contributed by atoms with Gasteiger partial charge in [0.25, 0.3) is 0 Å². The van der Waals surface area contributed by atoms with Crippen molar-refractivity contribution in [2.75, 3.05) is 25.0 Å². The summed E-state index contributed by atoms with van der Waals surface area (Å²) >= 11 is 0. The van der Waals surface area contributed by atoms with E-state index in [-0.39, 0.29) is 18.5 Å². The topological polar surface area (TPSA) is 53.6 Å². The van der Waals surface area contributed by atoms with Crippen molar-refractivity contribution in [3.8, 4) is 0 Å².